The molecule has 0 saturated carbocycles. The van der Waals surface area contributed by atoms with E-state index in [9.17, 15) is 8.42 Å². The van der Waals surface area contributed by atoms with Gasteiger partial charge in [0.2, 0.25) is 5.75 Å². The minimum Gasteiger partial charge on any atom is -0.481 e. The summed E-state index contributed by atoms with van der Waals surface area (Å²) in [6, 6.07) is 2.63. The van der Waals surface area contributed by atoms with E-state index in [-0.39, 0.29) is 14.9 Å². The summed E-state index contributed by atoms with van der Waals surface area (Å²) in [6.07, 6.45) is 3.98. The predicted octanol–water partition coefficient (Wildman–Crippen LogP) is 3.03. The van der Waals surface area contributed by atoms with E-state index in [4.69, 9.17) is 27.9 Å². The van der Waals surface area contributed by atoms with Gasteiger partial charge in [-0.05, 0) is 12.1 Å². The van der Waals surface area contributed by atoms with E-state index in [0.717, 1.165) is 6.26 Å². The highest BCUT2D eigenvalue weighted by Crippen LogP contribution is 2.39. The summed E-state index contributed by atoms with van der Waals surface area (Å²) in [4.78, 5) is 12.2. The van der Waals surface area contributed by atoms with E-state index in [2.05, 4.69) is 20.3 Å². The van der Waals surface area contributed by atoms with Crippen LogP contribution in [0.15, 0.2) is 28.3 Å². The molecule has 0 amide bonds. The third-order valence-corrected chi connectivity index (χ3v) is 4.68. The molecule has 3 rings (SSSR count). The van der Waals surface area contributed by atoms with Crippen molar-refractivity contribution < 1.29 is 13.2 Å². The first-order chi connectivity index (χ1) is 10.9. The van der Waals surface area contributed by atoms with Crippen LogP contribution in [0.5, 0.6) is 5.75 Å². The van der Waals surface area contributed by atoms with E-state index in [0.29, 0.717) is 29.7 Å². The van der Waals surface area contributed by atoms with Crippen LogP contribution in [0.1, 0.15) is 0 Å². The van der Waals surface area contributed by atoms with Gasteiger partial charge in [0.1, 0.15) is 12.9 Å². The van der Waals surface area contributed by atoms with Gasteiger partial charge in [0.15, 0.2) is 21.5 Å². The van der Waals surface area contributed by atoms with Crippen LogP contribution in [0.25, 0.3) is 0 Å². The van der Waals surface area contributed by atoms with Crippen LogP contribution in [0.3, 0.4) is 0 Å². The van der Waals surface area contributed by atoms with Crippen LogP contribution in [0.2, 0.25) is 10.0 Å². The van der Waals surface area contributed by atoms with Gasteiger partial charge in [-0.2, -0.15) is 0 Å². The number of anilines is 2. The molecular weight excluding hydrogens is 363 g/mol. The maximum Gasteiger partial charge on any atom is 0.207 e. The number of hydrogen-bond acceptors (Lipinski definition) is 7. The summed E-state index contributed by atoms with van der Waals surface area (Å²) in [5.74, 6) is 1.09. The number of benzene rings is 1. The number of fused-ring (bicyclic) bond motifs is 1. The molecule has 0 atom stereocenters. The van der Waals surface area contributed by atoms with Crippen molar-refractivity contribution in [3.8, 4) is 5.75 Å². The highest BCUT2D eigenvalue weighted by atomic mass is 35.5. The molecule has 1 aliphatic heterocycles. The molecule has 0 aliphatic carbocycles. The maximum atomic E-state index is 11.6. The first kappa shape index (κ1) is 16.0. The number of hydrogen-bond donors (Lipinski definition) is 1. The minimum atomic E-state index is -3.42. The third kappa shape index (κ3) is 3.24. The first-order valence-electron chi connectivity index (χ1n) is 6.32. The Morgan fingerprint density at radius 2 is 1.91 bits per heavy atom. The molecule has 1 aromatic heterocycles. The van der Waals surface area contributed by atoms with E-state index in [1.807, 2.05) is 0 Å². The molecule has 2 heterocycles. The van der Waals surface area contributed by atoms with E-state index < -0.39 is 9.84 Å². The van der Waals surface area contributed by atoms with Crippen LogP contribution in [0, 0.1) is 0 Å². The van der Waals surface area contributed by atoms with Crippen LogP contribution >= 0.6 is 23.2 Å². The fraction of sp³-hybridized carbons (Fsp3) is 0.154. The molecular formula is C13H10Cl2N4O3S. The Balaban J connectivity index is 2.03. The van der Waals surface area contributed by atoms with Crippen molar-refractivity contribution in [2.24, 2.45) is 4.99 Å². The molecule has 0 fully saturated rings. The fourth-order valence-corrected chi connectivity index (χ4v) is 3.30. The average Bonchev–Trinajstić information content (AvgIpc) is 2.50. The lowest BCUT2D eigenvalue weighted by atomic mass is 10.3. The summed E-state index contributed by atoms with van der Waals surface area (Å²) in [5.41, 5.74) is 0.319. The second-order valence-electron chi connectivity index (χ2n) is 4.66. The first-order valence-corrected chi connectivity index (χ1v) is 8.97. The van der Waals surface area contributed by atoms with E-state index in [1.165, 1.54) is 18.5 Å². The Hall–Kier alpha value is -1.90. The van der Waals surface area contributed by atoms with E-state index >= 15 is 0 Å². The van der Waals surface area contributed by atoms with Gasteiger partial charge in [-0.15, -0.1) is 0 Å². The molecule has 1 aliphatic rings. The second-order valence-corrected chi connectivity index (χ2v) is 7.49. The van der Waals surface area contributed by atoms with Gasteiger partial charge >= 0.3 is 0 Å². The molecule has 0 saturated heterocycles. The second kappa shape index (κ2) is 5.95. The molecule has 7 nitrogen and oxygen atoms in total. The SMILES string of the molecule is CS(=O)(=O)c1cc(Cl)c(Nc2ncnc3c2OCC=N3)c(Cl)c1. The molecule has 1 aromatic carbocycles. The summed E-state index contributed by atoms with van der Waals surface area (Å²) < 4.78 is 28.7. The lowest BCUT2D eigenvalue weighted by molar-refractivity contribution is 0.375. The fourth-order valence-electron chi connectivity index (χ4n) is 1.92. The van der Waals surface area contributed by atoms with Crippen molar-refractivity contribution in [1.82, 2.24) is 9.97 Å². The van der Waals surface area contributed by atoms with Crippen molar-refractivity contribution in [1.29, 1.82) is 0 Å². The van der Waals surface area contributed by atoms with Crippen molar-refractivity contribution >= 4 is 56.6 Å². The number of sulfone groups is 1. The van der Waals surface area contributed by atoms with Gasteiger partial charge in [-0.3, -0.25) is 0 Å². The highest BCUT2D eigenvalue weighted by molar-refractivity contribution is 7.90. The molecule has 0 bridgehead atoms. The Bertz CT molecular complexity index is 892. The number of nitrogens with one attached hydrogen (secondary N) is 1. The summed E-state index contributed by atoms with van der Waals surface area (Å²) in [7, 11) is -3.42. The Kier molecular flexibility index (Phi) is 4.13. The third-order valence-electron chi connectivity index (χ3n) is 2.99. The Labute approximate surface area is 142 Å². The molecule has 0 unspecified atom stereocenters. The largest absolute Gasteiger partial charge is 0.481 e. The van der Waals surface area contributed by atoms with Crippen LogP contribution in [-0.2, 0) is 9.84 Å². The van der Waals surface area contributed by atoms with Gasteiger partial charge in [0.05, 0.1) is 20.6 Å². The number of aromatic nitrogens is 2. The van der Waals surface area contributed by atoms with Crippen LogP contribution in [-0.4, -0.2) is 37.5 Å². The number of ether oxygens (including phenoxy) is 1. The summed E-state index contributed by atoms with van der Waals surface area (Å²) in [5, 5.41) is 3.22. The summed E-state index contributed by atoms with van der Waals surface area (Å²) in [6.45, 7) is 0.295. The number of rotatable bonds is 3. The van der Waals surface area contributed by atoms with Gasteiger partial charge in [-0.1, -0.05) is 23.2 Å². The van der Waals surface area contributed by atoms with Gasteiger partial charge < -0.3 is 10.1 Å². The lowest BCUT2D eigenvalue weighted by Crippen LogP contribution is -2.08. The van der Waals surface area contributed by atoms with E-state index in [1.54, 1.807) is 6.21 Å². The molecule has 0 radical (unpaired) electrons. The molecule has 2 aromatic rings. The van der Waals surface area contributed by atoms with Crippen molar-refractivity contribution in [3.63, 3.8) is 0 Å². The highest BCUT2D eigenvalue weighted by Gasteiger charge is 2.19. The Morgan fingerprint density at radius 3 is 2.57 bits per heavy atom. The van der Waals surface area contributed by atoms with Gasteiger partial charge in [0.25, 0.3) is 0 Å². The maximum absolute atomic E-state index is 11.6. The molecule has 10 heteroatoms. The average molecular weight is 373 g/mol. The van der Waals surface area contributed by atoms with Crippen molar-refractivity contribution in [3.05, 3.63) is 28.5 Å². The van der Waals surface area contributed by atoms with Gasteiger partial charge in [-0.25, -0.2) is 23.4 Å². The topological polar surface area (TPSA) is 93.5 Å². The quantitative estimate of drug-likeness (QED) is 0.889. The smallest absolute Gasteiger partial charge is 0.207 e. The lowest BCUT2D eigenvalue weighted by Gasteiger charge is -2.16. The number of aliphatic imine (C=N–C) groups is 1. The Morgan fingerprint density at radius 1 is 1.22 bits per heavy atom. The van der Waals surface area contributed by atoms with Crippen molar-refractivity contribution in [2.45, 2.75) is 4.90 Å². The monoisotopic (exact) mass is 372 g/mol. The van der Waals surface area contributed by atoms with Crippen LogP contribution in [0.4, 0.5) is 17.3 Å². The zero-order valence-corrected chi connectivity index (χ0v) is 14.1. The normalized spacial score (nSPS) is 13.3. The standard InChI is InChI=1S/C13H10Cl2N4O3S/c1-23(20,21)7-4-8(14)10(9(15)5-7)19-13-11-12(17-6-18-13)16-2-3-22-11/h2,4-6H,3H2,1H3,(H,17,18,19). The number of nitrogens with zero attached hydrogens (tertiary/aromatic N) is 3. The predicted molar refractivity (Wildman–Crippen MR) is 88.5 cm³/mol. The summed E-state index contributed by atoms with van der Waals surface area (Å²) >= 11 is 12.3. The zero-order valence-electron chi connectivity index (χ0n) is 11.7. The van der Waals surface area contributed by atoms with Gasteiger partial charge in [0, 0.05) is 12.5 Å². The molecule has 23 heavy (non-hydrogen) atoms. The zero-order chi connectivity index (χ0) is 16.6. The molecule has 120 valence electrons. The van der Waals surface area contributed by atoms with Crippen molar-refractivity contribution in [2.75, 3.05) is 18.2 Å². The molecule has 0 spiro atoms. The van der Waals surface area contributed by atoms with Crippen LogP contribution < -0.4 is 10.1 Å². The molecule has 1 N–H and O–H groups in total. The minimum absolute atomic E-state index is 0.0311. The number of halogens is 2.